The van der Waals surface area contributed by atoms with Gasteiger partial charge in [0.05, 0.1) is 0 Å². The fourth-order valence-corrected chi connectivity index (χ4v) is 3.27. The number of Topliss-reactive ketones (excluding diaryl/α,β-unsaturated/α-hetero) is 1. The fourth-order valence-electron chi connectivity index (χ4n) is 3.15. The first kappa shape index (κ1) is 15.3. The molecule has 22 heavy (non-hydrogen) atoms. The highest BCUT2D eigenvalue weighted by atomic mass is 35.5. The van der Waals surface area contributed by atoms with Crippen molar-refractivity contribution in [3.05, 3.63) is 70.2 Å². The molecule has 114 valence electrons. The van der Waals surface area contributed by atoms with E-state index in [1.54, 1.807) is 0 Å². The van der Waals surface area contributed by atoms with E-state index in [2.05, 4.69) is 23.5 Å². The Balaban J connectivity index is 1.56. The van der Waals surface area contributed by atoms with Crippen LogP contribution in [0.25, 0.3) is 0 Å². The lowest BCUT2D eigenvalue weighted by atomic mass is 10.0. The molecule has 2 aromatic rings. The summed E-state index contributed by atoms with van der Waals surface area (Å²) in [5.74, 6) is 0.277. The van der Waals surface area contributed by atoms with Gasteiger partial charge in [-0.1, -0.05) is 54.9 Å². The number of hydrogen-bond acceptors (Lipinski definition) is 2. The maximum absolute atomic E-state index is 12.2. The second-order valence-electron chi connectivity index (χ2n) is 5.90. The molecule has 2 nitrogen and oxygen atoms in total. The van der Waals surface area contributed by atoms with E-state index in [0.717, 1.165) is 35.5 Å². The summed E-state index contributed by atoms with van der Waals surface area (Å²) in [4.78, 5) is 12.2. The summed E-state index contributed by atoms with van der Waals surface area (Å²) < 4.78 is 0. The lowest BCUT2D eigenvalue weighted by Gasteiger charge is -2.17. The second-order valence-corrected chi connectivity index (χ2v) is 6.34. The van der Waals surface area contributed by atoms with Gasteiger partial charge in [-0.15, -0.1) is 0 Å². The van der Waals surface area contributed by atoms with Crippen molar-refractivity contribution in [3.8, 4) is 0 Å². The highest BCUT2D eigenvalue weighted by Crippen LogP contribution is 2.35. The van der Waals surface area contributed by atoms with Crippen molar-refractivity contribution in [2.24, 2.45) is 5.92 Å². The summed E-state index contributed by atoms with van der Waals surface area (Å²) in [5.41, 5.74) is 3.32. The van der Waals surface area contributed by atoms with Crippen LogP contribution >= 0.6 is 11.6 Å². The Bertz CT molecular complexity index is 665. The van der Waals surface area contributed by atoms with Crippen molar-refractivity contribution in [3.63, 3.8) is 0 Å². The number of fused-ring (bicyclic) bond motifs is 1. The summed E-state index contributed by atoms with van der Waals surface area (Å²) in [6, 6.07) is 16.1. The van der Waals surface area contributed by atoms with Gasteiger partial charge in [0.15, 0.2) is 5.78 Å². The van der Waals surface area contributed by atoms with E-state index >= 15 is 0 Å². The van der Waals surface area contributed by atoms with Gasteiger partial charge in [0.2, 0.25) is 0 Å². The van der Waals surface area contributed by atoms with Gasteiger partial charge in [-0.2, -0.15) is 0 Å². The van der Waals surface area contributed by atoms with Gasteiger partial charge in [-0.05, 0) is 42.6 Å². The van der Waals surface area contributed by atoms with E-state index < -0.39 is 0 Å². The number of aryl methyl sites for hydroxylation is 1. The van der Waals surface area contributed by atoms with Gasteiger partial charge in [-0.25, -0.2) is 0 Å². The third kappa shape index (κ3) is 3.08. The van der Waals surface area contributed by atoms with Crippen LogP contribution in [0.3, 0.4) is 0 Å². The largest absolute Gasteiger partial charge is 0.309 e. The molecule has 0 saturated carbocycles. The Morgan fingerprint density at radius 3 is 2.59 bits per heavy atom. The predicted octanol–water partition coefficient (Wildman–Crippen LogP) is 4.44. The molecule has 2 atom stereocenters. The van der Waals surface area contributed by atoms with Gasteiger partial charge in [0.1, 0.15) is 0 Å². The molecule has 0 saturated heterocycles. The third-order valence-corrected chi connectivity index (χ3v) is 4.65. The van der Waals surface area contributed by atoms with Gasteiger partial charge >= 0.3 is 0 Å². The first-order chi connectivity index (χ1) is 10.7. The SMILES string of the molecule is CC1C(=O)c2ccccc2C1NCCCc1ccc(Cl)cc1. The number of carbonyl (C=O) groups excluding carboxylic acids is 1. The Morgan fingerprint density at radius 2 is 1.82 bits per heavy atom. The smallest absolute Gasteiger partial charge is 0.167 e. The predicted molar refractivity (Wildman–Crippen MR) is 90.5 cm³/mol. The topological polar surface area (TPSA) is 29.1 Å². The van der Waals surface area contributed by atoms with E-state index in [-0.39, 0.29) is 17.7 Å². The summed E-state index contributed by atoms with van der Waals surface area (Å²) >= 11 is 5.89. The molecule has 0 aromatic heterocycles. The lowest BCUT2D eigenvalue weighted by molar-refractivity contribution is 0.0927. The highest BCUT2D eigenvalue weighted by Gasteiger charge is 2.35. The van der Waals surface area contributed by atoms with Gasteiger partial charge < -0.3 is 5.32 Å². The molecule has 0 amide bonds. The number of rotatable bonds is 5. The Hall–Kier alpha value is -1.64. The molecule has 0 aliphatic heterocycles. The molecular weight excluding hydrogens is 294 g/mol. The Morgan fingerprint density at radius 1 is 1.09 bits per heavy atom. The van der Waals surface area contributed by atoms with Crippen molar-refractivity contribution in [2.45, 2.75) is 25.8 Å². The van der Waals surface area contributed by atoms with Crippen LogP contribution in [0.15, 0.2) is 48.5 Å². The van der Waals surface area contributed by atoms with Crippen molar-refractivity contribution in [1.29, 1.82) is 0 Å². The summed E-state index contributed by atoms with van der Waals surface area (Å²) in [6.45, 7) is 2.92. The van der Waals surface area contributed by atoms with Crippen molar-refractivity contribution in [2.75, 3.05) is 6.54 Å². The average Bonchev–Trinajstić information content (AvgIpc) is 2.78. The van der Waals surface area contributed by atoms with Crippen molar-refractivity contribution < 1.29 is 4.79 Å². The van der Waals surface area contributed by atoms with Crippen LogP contribution in [0.1, 0.15) is 40.9 Å². The van der Waals surface area contributed by atoms with Crippen LogP contribution in [-0.2, 0) is 6.42 Å². The van der Waals surface area contributed by atoms with Crippen molar-refractivity contribution in [1.82, 2.24) is 5.32 Å². The second kappa shape index (κ2) is 6.64. The standard InChI is InChI=1S/C19H20ClNO/c1-13-18(16-6-2-3-7-17(16)19(13)22)21-12-4-5-14-8-10-15(20)11-9-14/h2-3,6-11,13,18,21H,4-5,12H2,1H3. The molecule has 2 aromatic carbocycles. The van der Waals surface area contributed by atoms with Gasteiger partial charge in [0.25, 0.3) is 0 Å². The van der Waals surface area contributed by atoms with E-state index in [9.17, 15) is 4.79 Å². The van der Waals surface area contributed by atoms with Crippen LogP contribution in [-0.4, -0.2) is 12.3 Å². The molecule has 0 fully saturated rings. The number of ketones is 1. The number of nitrogens with one attached hydrogen (secondary N) is 1. The maximum Gasteiger partial charge on any atom is 0.167 e. The van der Waals surface area contributed by atoms with Crippen molar-refractivity contribution >= 4 is 17.4 Å². The summed E-state index contributed by atoms with van der Waals surface area (Å²) in [6.07, 6.45) is 2.06. The molecule has 3 rings (SSSR count). The molecule has 1 aliphatic rings. The molecule has 3 heteroatoms. The molecule has 2 unspecified atom stereocenters. The van der Waals surface area contributed by atoms with Crippen LogP contribution in [0, 0.1) is 5.92 Å². The monoisotopic (exact) mass is 313 g/mol. The van der Waals surface area contributed by atoms with E-state index in [0.29, 0.717) is 0 Å². The molecule has 0 spiro atoms. The molecule has 1 aliphatic carbocycles. The zero-order valence-electron chi connectivity index (χ0n) is 12.7. The zero-order chi connectivity index (χ0) is 15.5. The number of hydrogen-bond donors (Lipinski definition) is 1. The minimum Gasteiger partial charge on any atom is -0.309 e. The zero-order valence-corrected chi connectivity index (χ0v) is 13.4. The quantitative estimate of drug-likeness (QED) is 0.827. The van der Waals surface area contributed by atoms with Gasteiger partial charge in [-0.3, -0.25) is 4.79 Å². The highest BCUT2D eigenvalue weighted by molar-refractivity contribution is 6.30. The van der Waals surface area contributed by atoms with E-state index in [4.69, 9.17) is 11.6 Å². The summed E-state index contributed by atoms with van der Waals surface area (Å²) in [5, 5.41) is 4.33. The van der Waals surface area contributed by atoms with Gasteiger partial charge in [0, 0.05) is 22.5 Å². The minimum absolute atomic E-state index is 0.0212. The molecule has 0 bridgehead atoms. The normalized spacial score (nSPS) is 20.2. The molecule has 0 heterocycles. The summed E-state index contributed by atoms with van der Waals surface area (Å²) in [7, 11) is 0. The van der Waals surface area contributed by atoms with Crippen LogP contribution in [0.4, 0.5) is 0 Å². The van der Waals surface area contributed by atoms with Crippen LogP contribution in [0.5, 0.6) is 0 Å². The minimum atomic E-state index is 0.0212. The van der Waals surface area contributed by atoms with Crippen LogP contribution in [0.2, 0.25) is 5.02 Å². The Labute approximate surface area is 136 Å². The average molecular weight is 314 g/mol. The number of halogens is 1. The third-order valence-electron chi connectivity index (χ3n) is 4.39. The fraction of sp³-hybridized carbons (Fsp3) is 0.316. The first-order valence-corrected chi connectivity index (χ1v) is 8.15. The molecule has 1 N–H and O–H groups in total. The van der Waals surface area contributed by atoms with E-state index in [1.807, 2.05) is 37.3 Å². The molecular formula is C19H20ClNO. The van der Waals surface area contributed by atoms with E-state index in [1.165, 1.54) is 5.56 Å². The first-order valence-electron chi connectivity index (χ1n) is 7.78. The Kier molecular flexibility index (Phi) is 4.60. The number of benzene rings is 2. The number of carbonyl (C=O) groups is 1. The van der Waals surface area contributed by atoms with Crippen LogP contribution < -0.4 is 5.32 Å². The lowest BCUT2D eigenvalue weighted by Crippen LogP contribution is -2.26. The molecule has 0 radical (unpaired) electrons. The maximum atomic E-state index is 12.2.